The van der Waals surface area contributed by atoms with E-state index in [1.807, 2.05) is 6.92 Å². The fraction of sp³-hybridized carbons (Fsp3) is 0.556. The molecular weight excluding hydrogens is 182 g/mol. The van der Waals surface area contributed by atoms with E-state index in [4.69, 9.17) is 10.3 Å². The largest absolute Gasteiger partial charge is 0.364 e. The maximum Gasteiger partial charge on any atom is 0.224 e. The van der Waals surface area contributed by atoms with Crippen LogP contribution in [0, 0.1) is 6.92 Å². The summed E-state index contributed by atoms with van der Waals surface area (Å²) < 4.78 is 4.85. The summed E-state index contributed by atoms with van der Waals surface area (Å²) in [5.41, 5.74) is 7.59. The lowest BCUT2D eigenvalue weighted by Crippen LogP contribution is -2.30. The van der Waals surface area contributed by atoms with Crippen molar-refractivity contribution >= 4 is 5.91 Å². The van der Waals surface area contributed by atoms with Crippen LogP contribution >= 0.6 is 0 Å². The normalized spacial score (nSPS) is 27.4. The molecule has 1 aliphatic heterocycles. The van der Waals surface area contributed by atoms with Gasteiger partial charge < -0.3 is 15.2 Å². The van der Waals surface area contributed by atoms with E-state index in [-0.39, 0.29) is 18.0 Å². The molecule has 2 rings (SSSR count). The number of likely N-dealkylation sites (N-methyl/N-ethyl adjacent to an activating group) is 1. The summed E-state index contributed by atoms with van der Waals surface area (Å²) in [5.74, 6) is 0.0723. The molecule has 1 saturated heterocycles. The van der Waals surface area contributed by atoms with Crippen molar-refractivity contribution < 1.29 is 9.32 Å². The van der Waals surface area contributed by atoms with Crippen molar-refractivity contribution in [3.05, 3.63) is 17.5 Å². The van der Waals surface area contributed by atoms with Crippen molar-refractivity contribution in [3.63, 3.8) is 0 Å². The van der Waals surface area contributed by atoms with Crippen LogP contribution < -0.4 is 5.73 Å². The predicted octanol–water partition coefficient (Wildman–Crippen LogP) is 0.214. The van der Waals surface area contributed by atoms with Gasteiger partial charge in [0.05, 0.1) is 11.7 Å². The first-order valence-corrected chi connectivity index (χ1v) is 4.53. The van der Waals surface area contributed by atoms with Gasteiger partial charge in [-0.3, -0.25) is 4.79 Å². The Balaban J connectivity index is 2.35. The van der Waals surface area contributed by atoms with Crippen LogP contribution in [0.25, 0.3) is 0 Å². The smallest absolute Gasteiger partial charge is 0.224 e. The highest BCUT2D eigenvalue weighted by molar-refractivity contribution is 5.80. The van der Waals surface area contributed by atoms with Crippen LogP contribution in [0.1, 0.15) is 23.7 Å². The Kier molecular flexibility index (Phi) is 2.03. The Bertz CT molecular complexity index is 361. The van der Waals surface area contributed by atoms with Gasteiger partial charge in [-0.25, -0.2) is 0 Å². The number of carbonyl (C=O) groups excluding carboxylic acids is 1. The summed E-state index contributed by atoms with van der Waals surface area (Å²) >= 11 is 0. The molecule has 2 N–H and O–H groups in total. The van der Waals surface area contributed by atoms with Crippen molar-refractivity contribution in [2.45, 2.75) is 25.4 Å². The minimum Gasteiger partial charge on any atom is -0.364 e. The average molecular weight is 195 g/mol. The van der Waals surface area contributed by atoms with E-state index >= 15 is 0 Å². The van der Waals surface area contributed by atoms with E-state index in [9.17, 15) is 4.79 Å². The van der Waals surface area contributed by atoms with Crippen molar-refractivity contribution in [1.82, 2.24) is 10.1 Å². The molecular formula is C9H13N3O2. The highest BCUT2D eigenvalue weighted by Gasteiger charge is 2.37. The number of carbonyl (C=O) groups is 1. The van der Waals surface area contributed by atoms with Gasteiger partial charge in [-0.05, 0) is 6.92 Å². The van der Waals surface area contributed by atoms with E-state index in [1.165, 1.54) is 0 Å². The predicted molar refractivity (Wildman–Crippen MR) is 49.3 cm³/mol. The molecule has 0 unspecified atom stereocenters. The van der Waals surface area contributed by atoms with E-state index in [2.05, 4.69) is 5.16 Å². The fourth-order valence-corrected chi connectivity index (χ4v) is 1.92. The molecule has 0 saturated carbocycles. The molecule has 1 aromatic heterocycles. The quantitative estimate of drug-likeness (QED) is 0.695. The summed E-state index contributed by atoms with van der Waals surface area (Å²) in [6, 6.07) is -0.251. The molecule has 1 aromatic rings. The molecule has 5 heteroatoms. The first kappa shape index (κ1) is 9.21. The Morgan fingerprint density at radius 1 is 1.71 bits per heavy atom. The van der Waals surface area contributed by atoms with Crippen molar-refractivity contribution in [1.29, 1.82) is 0 Å². The summed E-state index contributed by atoms with van der Waals surface area (Å²) in [7, 11) is 1.76. The Labute approximate surface area is 81.8 Å². The molecule has 76 valence electrons. The first-order valence-electron chi connectivity index (χ1n) is 4.53. The Morgan fingerprint density at radius 2 is 2.43 bits per heavy atom. The molecule has 2 atom stereocenters. The number of aromatic nitrogens is 1. The lowest BCUT2D eigenvalue weighted by Gasteiger charge is -2.21. The monoisotopic (exact) mass is 195 g/mol. The van der Waals surface area contributed by atoms with Gasteiger partial charge in [-0.1, -0.05) is 5.16 Å². The van der Waals surface area contributed by atoms with Crippen LogP contribution in [0.15, 0.2) is 10.8 Å². The lowest BCUT2D eigenvalue weighted by molar-refractivity contribution is -0.127. The van der Waals surface area contributed by atoms with Crippen molar-refractivity contribution in [2.24, 2.45) is 5.73 Å². The lowest BCUT2D eigenvalue weighted by atomic mass is 10.0. The highest BCUT2D eigenvalue weighted by atomic mass is 16.5. The zero-order valence-corrected chi connectivity index (χ0v) is 8.23. The number of nitrogens with zero attached hydrogens (tertiary/aromatic N) is 2. The summed E-state index contributed by atoms with van der Waals surface area (Å²) in [5, 5.41) is 3.79. The van der Waals surface area contributed by atoms with Crippen LogP contribution in [-0.4, -0.2) is 29.1 Å². The topological polar surface area (TPSA) is 72.4 Å². The van der Waals surface area contributed by atoms with Crippen molar-refractivity contribution in [2.75, 3.05) is 7.05 Å². The molecule has 0 spiro atoms. The number of hydrogen-bond donors (Lipinski definition) is 1. The van der Waals surface area contributed by atoms with Gasteiger partial charge in [-0.15, -0.1) is 0 Å². The maximum atomic E-state index is 11.4. The van der Waals surface area contributed by atoms with Crippen LogP contribution in [0.3, 0.4) is 0 Å². The molecule has 5 nitrogen and oxygen atoms in total. The van der Waals surface area contributed by atoms with Crippen LogP contribution in [0.2, 0.25) is 0 Å². The maximum absolute atomic E-state index is 11.4. The summed E-state index contributed by atoms with van der Waals surface area (Å²) in [4.78, 5) is 13.1. The molecule has 1 aliphatic rings. The molecule has 0 bridgehead atoms. The second-order valence-electron chi connectivity index (χ2n) is 3.67. The number of nitrogens with two attached hydrogens (primary N) is 1. The van der Waals surface area contributed by atoms with Gasteiger partial charge in [0.1, 0.15) is 6.26 Å². The van der Waals surface area contributed by atoms with Crippen molar-refractivity contribution in [3.8, 4) is 0 Å². The van der Waals surface area contributed by atoms with Gasteiger partial charge in [0.15, 0.2) is 0 Å². The molecule has 2 heterocycles. The third kappa shape index (κ3) is 1.21. The minimum absolute atomic E-state index is 0.0723. The molecule has 0 aromatic carbocycles. The van der Waals surface area contributed by atoms with Gasteiger partial charge >= 0.3 is 0 Å². The van der Waals surface area contributed by atoms with E-state index in [0.29, 0.717) is 6.42 Å². The zero-order chi connectivity index (χ0) is 10.3. The molecule has 0 aliphatic carbocycles. The standard InChI is InChI=1S/C9H13N3O2/c1-5-6(4-14-11-5)9-7(10)3-8(13)12(9)2/h4,7,9H,3,10H2,1-2H3/t7-,9+/m1/s1. The highest BCUT2D eigenvalue weighted by Crippen LogP contribution is 2.31. The zero-order valence-electron chi connectivity index (χ0n) is 8.23. The Morgan fingerprint density at radius 3 is 2.86 bits per heavy atom. The van der Waals surface area contributed by atoms with E-state index in [0.717, 1.165) is 11.3 Å². The minimum atomic E-state index is -0.161. The second kappa shape index (κ2) is 3.09. The first-order chi connectivity index (χ1) is 6.61. The number of likely N-dealkylation sites (tertiary alicyclic amines) is 1. The molecule has 1 amide bonds. The molecule has 14 heavy (non-hydrogen) atoms. The number of amides is 1. The van der Waals surface area contributed by atoms with E-state index in [1.54, 1.807) is 18.2 Å². The van der Waals surface area contributed by atoms with Gasteiger partial charge in [0.25, 0.3) is 0 Å². The SMILES string of the molecule is Cc1nocc1[C@H]1[C@H](N)CC(=O)N1C. The number of hydrogen-bond acceptors (Lipinski definition) is 4. The Hall–Kier alpha value is -1.36. The third-order valence-corrected chi connectivity index (χ3v) is 2.73. The summed E-state index contributed by atoms with van der Waals surface area (Å²) in [6.45, 7) is 1.85. The van der Waals surface area contributed by atoms with Gasteiger partial charge in [0.2, 0.25) is 5.91 Å². The van der Waals surface area contributed by atoms with Gasteiger partial charge in [-0.2, -0.15) is 0 Å². The van der Waals surface area contributed by atoms with Crippen LogP contribution in [0.5, 0.6) is 0 Å². The second-order valence-corrected chi connectivity index (χ2v) is 3.67. The average Bonchev–Trinajstić information content (AvgIpc) is 2.60. The summed E-state index contributed by atoms with van der Waals surface area (Å²) in [6.07, 6.45) is 1.96. The molecule has 1 fully saturated rings. The van der Waals surface area contributed by atoms with Crippen LogP contribution in [0.4, 0.5) is 0 Å². The van der Waals surface area contributed by atoms with Gasteiger partial charge in [0, 0.05) is 25.1 Å². The number of rotatable bonds is 1. The number of aryl methyl sites for hydroxylation is 1. The molecule has 0 radical (unpaired) electrons. The third-order valence-electron chi connectivity index (χ3n) is 2.73. The van der Waals surface area contributed by atoms with E-state index < -0.39 is 0 Å². The fourth-order valence-electron chi connectivity index (χ4n) is 1.92. The van der Waals surface area contributed by atoms with Crippen LogP contribution in [-0.2, 0) is 4.79 Å².